The molecule has 1 heterocycles. The fourth-order valence-electron chi connectivity index (χ4n) is 2.80. The lowest BCUT2D eigenvalue weighted by Gasteiger charge is -2.11. The fraction of sp³-hybridized carbons (Fsp3) is 0.167. The number of benzene rings is 1. The van der Waals surface area contributed by atoms with E-state index in [0.717, 1.165) is 48.7 Å². The Hall–Kier alpha value is -2.66. The summed E-state index contributed by atoms with van der Waals surface area (Å²) in [4.78, 5) is 3.53. The molecule has 0 fully saturated rings. The van der Waals surface area contributed by atoms with Crippen molar-refractivity contribution in [3.05, 3.63) is 71.6 Å². The Morgan fingerprint density at radius 2 is 1.45 bits per heavy atom. The van der Waals surface area contributed by atoms with Gasteiger partial charge in [-0.05, 0) is 35.4 Å². The standard InChI is InChI=1S/C18H12F6N2O2S/c19-17(20,21)11-3-1-10(2-4-11)14-7-12(18(22,23)24)8-15(14)16-6-5-13(9-26-16)29(25,27)28/h1-9,12H,(H2,25,27,28). The van der Waals surface area contributed by atoms with Crippen LogP contribution in [0.25, 0.3) is 11.1 Å². The molecule has 1 aromatic heterocycles. The third-order valence-electron chi connectivity index (χ3n) is 4.22. The molecule has 4 nitrogen and oxygen atoms in total. The predicted octanol–water partition coefficient (Wildman–Crippen LogP) is 4.41. The topological polar surface area (TPSA) is 73.1 Å². The molecule has 0 spiro atoms. The second kappa shape index (κ2) is 6.99. The molecule has 0 amide bonds. The summed E-state index contributed by atoms with van der Waals surface area (Å²) in [5.41, 5.74) is -0.720. The highest BCUT2D eigenvalue weighted by atomic mass is 32.2. The molecule has 0 bridgehead atoms. The summed E-state index contributed by atoms with van der Waals surface area (Å²) in [6.45, 7) is 0. The number of hydrogen-bond acceptors (Lipinski definition) is 3. The van der Waals surface area contributed by atoms with Crippen LogP contribution in [0.2, 0.25) is 0 Å². The number of primary sulfonamides is 1. The van der Waals surface area contributed by atoms with Crippen LogP contribution in [0.3, 0.4) is 0 Å². The molecule has 2 aromatic rings. The van der Waals surface area contributed by atoms with Crippen LogP contribution < -0.4 is 5.14 Å². The minimum absolute atomic E-state index is 0.0213. The Morgan fingerprint density at radius 3 is 1.90 bits per heavy atom. The molecule has 1 aliphatic rings. The van der Waals surface area contributed by atoms with Gasteiger partial charge in [0, 0.05) is 11.8 Å². The van der Waals surface area contributed by atoms with Crippen LogP contribution in [-0.2, 0) is 16.2 Å². The zero-order valence-electron chi connectivity index (χ0n) is 14.3. The Bertz CT molecular complexity index is 1080. The predicted molar refractivity (Wildman–Crippen MR) is 92.6 cm³/mol. The van der Waals surface area contributed by atoms with E-state index in [1.54, 1.807) is 0 Å². The van der Waals surface area contributed by atoms with E-state index in [-0.39, 0.29) is 27.3 Å². The van der Waals surface area contributed by atoms with Gasteiger partial charge in [0.1, 0.15) is 4.90 Å². The molecule has 1 aromatic carbocycles. The molecule has 2 N–H and O–H groups in total. The Balaban J connectivity index is 2.05. The van der Waals surface area contributed by atoms with E-state index >= 15 is 0 Å². The number of aromatic nitrogens is 1. The molecular formula is C18H12F6N2O2S. The van der Waals surface area contributed by atoms with Crippen molar-refractivity contribution in [3.8, 4) is 0 Å². The maximum Gasteiger partial charge on any atom is 0.416 e. The minimum Gasteiger partial charge on any atom is -0.255 e. The van der Waals surface area contributed by atoms with Gasteiger partial charge in [-0.1, -0.05) is 24.3 Å². The van der Waals surface area contributed by atoms with Gasteiger partial charge in [-0.3, -0.25) is 4.98 Å². The van der Waals surface area contributed by atoms with E-state index in [0.29, 0.717) is 0 Å². The van der Waals surface area contributed by atoms with E-state index in [9.17, 15) is 34.8 Å². The van der Waals surface area contributed by atoms with Crippen molar-refractivity contribution >= 4 is 21.2 Å². The Morgan fingerprint density at radius 1 is 0.862 bits per heavy atom. The van der Waals surface area contributed by atoms with Gasteiger partial charge in [0.05, 0.1) is 17.2 Å². The maximum absolute atomic E-state index is 13.2. The minimum atomic E-state index is -4.61. The van der Waals surface area contributed by atoms with Crippen LogP contribution in [0.5, 0.6) is 0 Å². The second-order valence-corrected chi connectivity index (χ2v) is 7.79. The van der Waals surface area contributed by atoms with Crippen molar-refractivity contribution < 1.29 is 34.8 Å². The monoisotopic (exact) mass is 434 g/mol. The van der Waals surface area contributed by atoms with Gasteiger partial charge in [-0.2, -0.15) is 26.3 Å². The largest absolute Gasteiger partial charge is 0.416 e. The fourth-order valence-corrected chi connectivity index (χ4v) is 3.25. The van der Waals surface area contributed by atoms with Gasteiger partial charge >= 0.3 is 12.4 Å². The molecule has 0 saturated heterocycles. The summed E-state index contributed by atoms with van der Waals surface area (Å²) >= 11 is 0. The normalized spacial score (nSPS) is 17.8. The summed E-state index contributed by atoms with van der Waals surface area (Å²) in [6.07, 6.45) is -6.53. The third-order valence-corrected chi connectivity index (χ3v) is 5.12. The van der Waals surface area contributed by atoms with E-state index in [2.05, 4.69) is 4.98 Å². The molecular weight excluding hydrogens is 422 g/mol. The average Bonchev–Trinajstić information content (AvgIpc) is 3.06. The Kier molecular flexibility index (Phi) is 5.08. The molecule has 0 aliphatic heterocycles. The van der Waals surface area contributed by atoms with Gasteiger partial charge < -0.3 is 0 Å². The molecule has 0 saturated carbocycles. The van der Waals surface area contributed by atoms with Crippen molar-refractivity contribution in [2.75, 3.05) is 0 Å². The number of nitrogens with zero attached hydrogens (tertiary/aromatic N) is 1. The van der Waals surface area contributed by atoms with E-state index < -0.39 is 33.9 Å². The highest BCUT2D eigenvalue weighted by Gasteiger charge is 2.40. The SMILES string of the molecule is NS(=O)(=O)c1ccc(C2=CC(C(F)(F)F)C=C2c2ccc(C(F)(F)F)cc2)nc1. The van der Waals surface area contributed by atoms with Crippen molar-refractivity contribution in [3.63, 3.8) is 0 Å². The van der Waals surface area contributed by atoms with Gasteiger partial charge in [0.15, 0.2) is 0 Å². The zero-order chi connectivity index (χ0) is 21.6. The first-order valence-corrected chi connectivity index (χ1v) is 9.49. The number of alkyl halides is 6. The van der Waals surface area contributed by atoms with Gasteiger partial charge in [0.2, 0.25) is 10.0 Å². The van der Waals surface area contributed by atoms with Crippen molar-refractivity contribution in [2.45, 2.75) is 17.2 Å². The maximum atomic E-state index is 13.2. The van der Waals surface area contributed by atoms with Crippen LogP contribution in [-0.4, -0.2) is 19.6 Å². The average molecular weight is 434 g/mol. The van der Waals surface area contributed by atoms with E-state index in [1.807, 2.05) is 0 Å². The quantitative estimate of drug-likeness (QED) is 0.728. The lowest BCUT2D eigenvalue weighted by Crippen LogP contribution is -2.17. The molecule has 154 valence electrons. The van der Waals surface area contributed by atoms with Crippen LogP contribution in [0.1, 0.15) is 16.8 Å². The van der Waals surface area contributed by atoms with Gasteiger partial charge in [-0.25, -0.2) is 13.6 Å². The molecule has 11 heteroatoms. The first-order chi connectivity index (χ1) is 13.3. The van der Waals surface area contributed by atoms with Crippen LogP contribution in [0.15, 0.2) is 59.6 Å². The van der Waals surface area contributed by atoms with Crippen molar-refractivity contribution in [1.82, 2.24) is 4.98 Å². The third kappa shape index (κ3) is 4.51. The van der Waals surface area contributed by atoms with Gasteiger partial charge in [-0.15, -0.1) is 0 Å². The molecule has 29 heavy (non-hydrogen) atoms. The number of pyridine rings is 1. The zero-order valence-corrected chi connectivity index (χ0v) is 15.1. The second-order valence-electron chi connectivity index (χ2n) is 6.23. The molecule has 0 radical (unpaired) electrons. The summed E-state index contributed by atoms with van der Waals surface area (Å²) in [7, 11) is -4.04. The number of sulfonamides is 1. The van der Waals surface area contributed by atoms with E-state index in [1.165, 1.54) is 6.07 Å². The Labute approximate surface area is 161 Å². The molecule has 1 atom stereocenters. The lowest BCUT2D eigenvalue weighted by atomic mass is 9.97. The lowest BCUT2D eigenvalue weighted by molar-refractivity contribution is -0.148. The van der Waals surface area contributed by atoms with Crippen molar-refractivity contribution in [2.24, 2.45) is 11.1 Å². The number of rotatable bonds is 3. The van der Waals surface area contributed by atoms with Crippen molar-refractivity contribution in [1.29, 1.82) is 0 Å². The van der Waals surface area contributed by atoms with E-state index in [4.69, 9.17) is 5.14 Å². The summed E-state index contributed by atoms with van der Waals surface area (Å²) in [5.74, 6) is -1.96. The number of halogens is 6. The summed E-state index contributed by atoms with van der Waals surface area (Å²) < 4.78 is 101. The van der Waals surface area contributed by atoms with Crippen LogP contribution in [0.4, 0.5) is 26.3 Å². The number of hydrogen-bond donors (Lipinski definition) is 1. The van der Waals surface area contributed by atoms with Gasteiger partial charge in [0.25, 0.3) is 0 Å². The first kappa shape index (κ1) is 21.1. The van der Waals surface area contributed by atoms with Crippen LogP contribution in [0, 0.1) is 5.92 Å². The highest BCUT2D eigenvalue weighted by molar-refractivity contribution is 7.89. The van der Waals surface area contributed by atoms with Crippen LogP contribution >= 0.6 is 0 Å². The first-order valence-electron chi connectivity index (χ1n) is 7.94. The summed E-state index contributed by atoms with van der Waals surface area (Å²) in [6, 6.07) is 5.95. The molecule has 1 unspecified atom stereocenters. The molecule has 3 rings (SSSR count). The molecule has 1 aliphatic carbocycles. The number of allylic oxidation sites excluding steroid dienone is 4. The smallest absolute Gasteiger partial charge is 0.255 e. The number of nitrogens with two attached hydrogens (primary N) is 1. The highest BCUT2D eigenvalue weighted by Crippen LogP contribution is 2.44. The summed E-state index contributed by atoms with van der Waals surface area (Å²) in [5, 5.41) is 4.97.